The summed E-state index contributed by atoms with van der Waals surface area (Å²) in [5.41, 5.74) is 1.19. The smallest absolute Gasteiger partial charge is 0.229 e. The minimum Gasteiger partial charge on any atom is -0.460 e. The van der Waals surface area contributed by atoms with E-state index in [0.29, 0.717) is 17.1 Å². The standard InChI is InChI=1S/C12H14N2O6/c15-4-7-9(16)10(17)11(18)12(20-7)19-6-3-1-2-5-8(6)14-13-5/h1-3,7,9-12,15-18H,4H2/t7-,9+,10+,11-,12-/m1/s1. The zero-order chi connectivity index (χ0) is 14.3. The molecule has 0 aromatic heterocycles. The van der Waals surface area contributed by atoms with Gasteiger partial charge >= 0.3 is 0 Å². The fourth-order valence-corrected chi connectivity index (χ4v) is 2.14. The van der Waals surface area contributed by atoms with E-state index in [2.05, 4.69) is 10.2 Å². The van der Waals surface area contributed by atoms with Crippen molar-refractivity contribution in [2.24, 2.45) is 10.2 Å². The van der Waals surface area contributed by atoms with E-state index in [4.69, 9.17) is 14.6 Å². The summed E-state index contributed by atoms with van der Waals surface area (Å²) in [5.74, 6) is 0.349. The lowest BCUT2D eigenvalue weighted by molar-refractivity contribution is -0.277. The highest BCUT2D eigenvalue weighted by atomic mass is 16.7. The van der Waals surface area contributed by atoms with Crippen LogP contribution in [-0.2, 0) is 4.74 Å². The summed E-state index contributed by atoms with van der Waals surface area (Å²) in [6.07, 6.45) is -6.54. The van der Waals surface area contributed by atoms with Crippen LogP contribution in [0.1, 0.15) is 0 Å². The van der Waals surface area contributed by atoms with Gasteiger partial charge in [0.1, 0.15) is 30.1 Å². The molecule has 0 amide bonds. The molecule has 1 aromatic rings. The lowest BCUT2D eigenvalue weighted by atomic mass is 9.99. The number of nitrogens with zero attached hydrogens (tertiary/aromatic N) is 2. The number of hydrogen-bond donors (Lipinski definition) is 4. The third kappa shape index (κ3) is 2.07. The highest BCUT2D eigenvalue weighted by molar-refractivity contribution is 5.73. The van der Waals surface area contributed by atoms with Crippen LogP contribution in [0.15, 0.2) is 28.4 Å². The van der Waals surface area contributed by atoms with Crippen LogP contribution < -0.4 is 4.74 Å². The minimum atomic E-state index is -1.47. The van der Waals surface area contributed by atoms with Crippen molar-refractivity contribution >= 4 is 11.4 Å². The molecular formula is C12H14N2O6. The predicted molar refractivity (Wildman–Crippen MR) is 65.0 cm³/mol. The molecule has 0 unspecified atom stereocenters. The first kappa shape index (κ1) is 13.4. The van der Waals surface area contributed by atoms with Crippen molar-refractivity contribution in [2.45, 2.75) is 30.7 Å². The second-order valence-corrected chi connectivity index (χ2v) is 4.64. The molecule has 0 bridgehead atoms. The minimum absolute atomic E-state index is 0.349. The summed E-state index contributed by atoms with van der Waals surface area (Å²) in [6, 6.07) is 5.08. The number of aliphatic hydroxyl groups is 4. The molecule has 0 aliphatic carbocycles. The molecule has 1 fully saturated rings. The van der Waals surface area contributed by atoms with Gasteiger partial charge in [0.25, 0.3) is 0 Å². The summed E-state index contributed by atoms with van der Waals surface area (Å²) >= 11 is 0. The Balaban J connectivity index is 1.78. The Labute approximate surface area is 113 Å². The highest BCUT2D eigenvalue weighted by Crippen LogP contribution is 2.45. The maximum atomic E-state index is 9.87. The van der Waals surface area contributed by atoms with Crippen LogP contribution >= 0.6 is 0 Å². The lowest BCUT2D eigenvalue weighted by Crippen LogP contribution is -2.60. The summed E-state index contributed by atoms with van der Waals surface area (Å²) < 4.78 is 10.7. The molecule has 1 saturated heterocycles. The fraction of sp³-hybridized carbons (Fsp3) is 0.500. The number of fused-ring (bicyclic) bond motifs is 1. The van der Waals surface area contributed by atoms with Crippen molar-refractivity contribution in [1.29, 1.82) is 0 Å². The van der Waals surface area contributed by atoms with E-state index in [0.717, 1.165) is 0 Å². The average molecular weight is 282 g/mol. The van der Waals surface area contributed by atoms with Gasteiger partial charge in [-0.15, -0.1) is 10.2 Å². The summed E-state index contributed by atoms with van der Waals surface area (Å²) in [7, 11) is 0. The van der Waals surface area contributed by atoms with E-state index in [9.17, 15) is 15.3 Å². The molecule has 20 heavy (non-hydrogen) atoms. The van der Waals surface area contributed by atoms with Gasteiger partial charge in [0, 0.05) is 0 Å². The van der Waals surface area contributed by atoms with Crippen LogP contribution in [-0.4, -0.2) is 57.7 Å². The van der Waals surface area contributed by atoms with Crippen molar-refractivity contribution in [1.82, 2.24) is 0 Å². The second kappa shape index (κ2) is 5.08. The van der Waals surface area contributed by atoms with Gasteiger partial charge in [-0.05, 0) is 12.1 Å². The Morgan fingerprint density at radius 3 is 2.55 bits per heavy atom. The van der Waals surface area contributed by atoms with Crippen molar-refractivity contribution in [2.75, 3.05) is 6.61 Å². The van der Waals surface area contributed by atoms with Gasteiger partial charge in [-0.25, -0.2) is 0 Å². The van der Waals surface area contributed by atoms with Crippen LogP contribution in [0.2, 0.25) is 0 Å². The molecule has 0 saturated carbocycles. The van der Waals surface area contributed by atoms with Crippen LogP contribution in [0.25, 0.3) is 0 Å². The van der Waals surface area contributed by atoms with E-state index >= 15 is 0 Å². The topological polar surface area (TPSA) is 124 Å². The maximum Gasteiger partial charge on any atom is 0.229 e. The Morgan fingerprint density at radius 1 is 1.10 bits per heavy atom. The van der Waals surface area contributed by atoms with E-state index in [-0.39, 0.29) is 0 Å². The second-order valence-electron chi connectivity index (χ2n) is 4.64. The Hall–Kier alpha value is -1.58. The quantitative estimate of drug-likeness (QED) is 0.607. The molecule has 8 nitrogen and oxygen atoms in total. The van der Waals surface area contributed by atoms with Crippen LogP contribution in [0, 0.1) is 0 Å². The molecule has 8 heteroatoms. The Bertz CT molecular complexity index is 535. The van der Waals surface area contributed by atoms with E-state index in [1.54, 1.807) is 18.2 Å². The van der Waals surface area contributed by atoms with Gasteiger partial charge in [0.15, 0.2) is 11.4 Å². The van der Waals surface area contributed by atoms with E-state index in [1.165, 1.54) is 0 Å². The van der Waals surface area contributed by atoms with Crippen molar-refractivity contribution in [3.63, 3.8) is 0 Å². The van der Waals surface area contributed by atoms with Crippen LogP contribution in [0.4, 0.5) is 11.4 Å². The summed E-state index contributed by atoms with van der Waals surface area (Å²) in [6.45, 7) is -0.503. The Morgan fingerprint density at radius 2 is 1.90 bits per heavy atom. The SMILES string of the molecule is OC[C@H]1O[C@@H](Oc2cccc3c2N=N3)[C@H](O)[C@@H](O)[C@H]1O. The van der Waals surface area contributed by atoms with Gasteiger partial charge < -0.3 is 29.9 Å². The first-order chi connectivity index (χ1) is 9.61. The molecule has 0 spiro atoms. The number of rotatable bonds is 3. The number of hydrogen-bond acceptors (Lipinski definition) is 8. The van der Waals surface area contributed by atoms with Crippen molar-refractivity contribution < 1.29 is 29.9 Å². The largest absolute Gasteiger partial charge is 0.460 e. The fourth-order valence-electron chi connectivity index (χ4n) is 2.14. The van der Waals surface area contributed by atoms with Crippen LogP contribution in [0.3, 0.4) is 0 Å². The van der Waals surface area contributed by atoms with E-state index in [1.807, 2.05) is 0 Å². The molecule has 2 heterocycles. The number of ether oxygens (including phenoxy) is 2. The van der Waals surface area contributed by atoms with Crippen molar-refractivity contribution in [3.05, 3.63) is 18.2 Å². The molecule has 5 atom stereocenters. The van der Waals surface area contributed by atoms with Crippen molar-refractivity contribution in [3.8, 4) is 5.75 Å². The number of benzene rings is 1. The molecule has 0 radical (unpaired) electrons. The molecule has 108 valence electrons. The van der Waals surface area contributed by atoms with Crippen LogP contribution in [0.5, 0.6) is 5.75 Å². The number of aliphatic hydroxyl groups excluding tert-OH is 4. The number of azo groups is 1. The molecular weight excluding hydrogens is 268 g/mol. The zero-order valence-corrected chi connectivity index (χ0v) is 10.3. The molecule has 1 aromatic carbocycles. The third-order valence-corrected chi connectivity index (χ3v) is 3.33. The van der Waals surface area contributed by atoms with E-state index < -0.39 is 37.3 Å². The summed E-state index contributed by atoms with van der Waals surface area (Å²) in [4.78, 5) is 0. The average Bonchev–Trinajstić information content (AvgIpc) is 2.41. The lowest BCUT2D eigenvalue weighted by Gasteiger charge is -2.39. The van der Waals surface area contributed by atoms with Gasteiger partial charge in [-0.2, -0.15) is 0 Å². The zero-order valence-electron chi connectivity index (χ0n) is 10.3. The Kier molecular flexibility index (Phi) is 3.40. The normalized spacial score (nSPS) is 35.3. The maximum absolute atomic E-state index is 9.87. The first-order valence-corrected chi connectivity index (χ1v) is 6.13. The molecule has 2 aliphatic heterocycles. The van der Waals surface area contributed by atoms with Gasteiger partial charge in [-0.3, -0.25) is 0 Å². The highest BCUT2D eigenvalue weighted by Gasteiger charge is 2.45. The van der Waals surface area contributed by atoms with Gasteiger partial charge in [-0.1, -0.05) is 6.07 Å². The first-order valence-electron chi connectivity index (χ1n) is 6.13. The predicted octanol–water partition coefficient (Wildman–Crippen LogP) is -0.406. The van der Waals surface area contributed by atoms with Gasteiger partial charge in [0.05, 0.1) is 6.61 Å². The summed E-state index contributed by atoms with van der Waals surface area (Å²) in [5, 5.41) is 45.9. The third-order valence-electron chi connectivity index (χ3n) is 3.33. The molecule has 3 rings (SSSR count). The monoisotopic (exact) mass is 282 g/mol. The van der Waals surface area contributed by atoms with Gasteiger partial charge in [0.2, 0.25) is 6.29 Å². The molecule has 2 aliphatic rings. The molecule has 4 N–H and O–H groups in total.